The van der Waals surface area contributed by atoms with Gasteiger partial charge in [-0.2, -0.15) is 5.10 Å². The third-order valence-electron chi connectivity index (χ3n) is 3.41. The highest BCUT2D eigenvalue weighted by Crippen LogP contribution is 2.38. The van der Waals surface area contributed by atoms with E-state index in [2.05, 4.69) is 5.10 Å². The molecular weight excluding hydrogens is 265 g/mol. The Bertz CT molecular complexity index is 499. The van der Waals surface area contributed by atoms with Crippen molar-refractivity contribution in [1.29, 1.82) is 0 Å². The van der Waals surface area contributed by atoms with Gasteiger partial charge in [0.2, 0.25) is 5.88 Å². The van der Waals surface area contributed by atoms with E-state index in [1.807, 2.05) is 20.8 Å². The molecule has 6 nitrogen and oxygen atoms in total. The van der Waals surface area contributed by atoms with E-state index in [9.17, 15) is 14.3 Å². The molecule has 1 aromatic heterocycles. The van der Waals surface area contributed by atoms with E-state index in [1.54, 1.807) is 10.7 Å². The minimum atomic E-state index is -1.24. The monoisotopic (exact) mass is 285 g/mol. The van der Waals surface area contributed by atoms with Gasteiger partial charge in [-0.3, -0.25) is 0 Å². The molecule has 0 radical (unpaired) electrons. The van der Waals surface area contributed by atoms with Crippen LogP contribution in [0.25, 0.3) is 0 Å². The molecule has 20 heavy (non-hydrogen) atoms. The summed E-state index contributed by atoms with van der Waals surface area (Å²) in [6.07, 6.45) is -2.58. The van der Waals surface area contributed by atoms with Crippen LogP contribution in [0.3, 0.4) is 0 Å². The Balaban J connectivity index is 2.32. The smallest absolute Gasteiger partial charge is 0.392 e. The largest absolute Gasteiger partial charge is 0.411 e. The number of amides is 1. The van der Waals surface area contributed by atoms with E-state index in [0.29, 0.717) is 12.1 Å². The van der Waals surface area contributed by atoms with Gasteiger partial charge < -0.3 is 15.6 Å². The van der Waals surface area contributed by atoms with Gasteiger partial charge in [-0.05, 0) is 33.6 Å². The topological polar surface area (TPSA) is 90.4 Å². The zero-order chi connectivity index (χ0) is 15.1. The third-order valence-corrected chi connectivity index (χ3v) is 3.41. The first-order chi connectivity index (χ1) is 9.18. The molecule has 3 N–H and O–H groups in total. The van der Waals surface area contributed by atoms with Crippen LogP contribution in [0.1, 0.15) is 45.2 Å². The molecule has 0 bridgehead atoms. The van der Waals surface area contributed by atoms with Crippen LogP contribution >= 0.6 is 0 Å². The van der Waals surface area contributed by atoms with Crippen molar-refractivity contribution in [3.05, 3.63) is 11.8 Å². The van der Waals surface area contributed by atoms with Crippen LogP contribution < -0.4 is 10.5 Å². The summed E-state index contributed by atoms with van der Waals surface area (Å²) in [6, 6.07) is 1.59. The highest BCUT2D eigenvalue weighted by molar-refractivity contribution is 5.67. The highest BCUT2D eigenvalue weighted by Gasteiger charge is 2.36. The molecule has 0 saturated heterocycles. The van der Waals surface area contributed by atoms with Crippen LogP contribution in [0.15, 0.2) is 6.07 Å². The molecule has 1 heterocycles. The van der Waals surface area contributed by atoms with Crippen LogP contribution in [-0.2, 0) is 5.54 Å². The van der Waals surface area contributed by atoms with Crippen LogP contribution in [-0.4, -0.2) is 33.3 Å². The van der Waals surface area contributed by atoms with Crippen LogP contribution in [0.5, 0.6) is 5.88 Å². The number of halogens is 1. The fourth-order valence-electron chi connectivity index (χ4n) is 2.44. The van der Waals surface area contributed by atoms with E-state index in [-0.39, 0.29) is 18.2 Å². The van der Waals surface area contributed by atoms with Crippen LogP contribution in [0.4, 0.5) is 9.18 Å². The summed E-state index contributed by atoms with van der Waals surface area (Å²) in [4.78, 5) is 10.9. The summed E-state index contributed by atoms with van der Waals surface area (Å²) >= 11 is 0. The number of rotatable bonds is 2. The Morgan fingerprint density at radius 3 is 2.65 bits per heavy atom. The maximum atomic E-state index is 13.4. The average molecular weight is 285 g/mol. The van der Waals surface area contributed by atoms with E-state index < -0.39 is 23.9 Å². The zero-order valence-electron chi connectivity index (χ0n) is 11.8. The first kappa shape index (κ1) is 14.8. The normalized spacial score (nSPS) is 26.8. The number of hydrogen-bond donors (Lipinski definition) is 2. The second-order valence-electron chi connectivity index (χ2n) is 6.16. The fraction of sp³-hybridized carbons (Fsp3) is 0.692. The SMILES string of the molecule is CC(C)(C)n1nc([C@H]2C[C@@H](F)[C@@H](O)C2)cc1OC(N)=O. The van der Waals surface area contributed by atoms with Gasteiger partial charge in [0.25, 0.3) is 0 Å². The molecule has 0 unspecified atom stereocenters. The quantitative estimate of drug-likeness (QED) is 0.864. The Kier molecular flexibility index (Phi) is 3.73. The fourth-order valence-corrected chi connectivity index (χ4v) is 2.44. The van der Waals surface area contributed by atoms with Gasteiger partial charge in [0.15, 0.2) is 0 Å². The molecule has 0 aliphatic heterocycles. The molecule has 3 atom stereocenters. The maximum absolute atomic E-state index is 13.4. The van der Waals surface area contributed by atoms with E-state index in [4.69, 9.17) is 10.5 Å². The molecule has 1 aliphatic carbocycles. The number of nitrogens with zero attached hydrogens (tertiary/aromatic N) is 2. The van der Waals surface area contributed by atoms with Crippen molar-refractivity contribution in [3.8, 4) is 5.88 Å². The summed E-state index contributed by atoms with van der Waals surface area (Å²) < 4.78 is 19.9. The Hall–Kier alpha value is -1.63. The molecular formula is C13H20FN3O3. The summed E-state index contributed by atoms with van der Waals surface area (Å²) in [5.74, 6) is 0.0515. The average Bonchev–Trinajstić information content (AvgIpc) is 2.82. The number of aromatic nitrogens is 2. The number of aliphatic hydroxyl groups excluding tert-OH is 1. The van der Waals surface area contributed by atoms with Gasteiger partial charge in [-0.25, -0.2) is 13.9 Å². The number of alkyl halides is 1. The summed E-state index contributed by atoms with van der Waals surface area (Å²) in [5.41, 5.74) is 5.24. The lowest BCUT2D eigenvalue weighted by molar-refractivity contribution is 0.103. The number of hydrogen-bond acceptors (Lipinski definition) is 4. The molecule has 1 saturated carbocycles. The van der Waals surface area contributed by atoms with Gasteiger partial charge in [0.05, 0.1) is 17.3 Å². The minimum absolute atomic E-state index is 0.182. The Morgan fingerprint density at radius 1 is 1.55 bits per heavy atom. The molecule has 112 valence electrons. The highest BCUT2D eigenvalue weighted by atomic mass is 19.1. The molecule has 0 spiro atoms. The predicted octanol–water partition coefficient (Wildman–Crippen LogP) is 1.67. The van der Waals surface area contributed by atoms with Gasteiger partial charge >= 0.3 is 6.09 Å². The van der Waals surface area contributed by atoms with Crippen LogP contribution in [0.2, 0.25) is 0 Å². The lowest BCUT2D eigenvalue weighted by Gasteiger charge is -2.21. The van der Waals surface area contributed by atoms with Crippen molar-refractivity contribution in [2.24, 2.45) is 5.73 Å². The first-order valence-corrected chi connectivity index (χ1v) is 6.58. The van der Waals surface area contributed by atoms with Crippen LogP contribution in [0, 0.1) is 0 Å². The second-order valence-corrected chi connectivity index (χ2v) is 6.16. The van der Waals surface area contributed by atoms with Crippen molar-refractivity contribution < 1.29 is 19.0 Å². The first-order valence-electron chi connectivity index (χ1n) is 6.58. The molecule has 0 aromatic carbocycles. The molecule has 7 heteroatoms. The lowest BCUT2D eigenvalue weighted by Crippen LogP contribution is -2.27. The number of carbonyl (C=O) groups excluding carboxylic acids is 1. The van der Waals surface area contributed by atoms with Gasteiger partial charge in [0.1, 0.15) is 6.17 Å². The Morgan fingerprint density at radius 2 is 2.20 bits per heavy atom. The maximum Gasteiger partial charge on any atom is 0.411 e. The molecule has 1 aromatic rings. The predicted molar refractivity (Wildman–Crippen MR) is 70.3 cm³/mol. The van der Waals surface area contributed by atoms with Gasteiger partial charge in [-0.1, -0.05) is 0 Å². The number of carbonyl (C=O) groups is 1. The van der Waals surface area contributed by atoms with Gasteiger partial charge in [0, 0.05) is 12.0 Å². The van der Waals surface area contributed by atoms with E-state index in [1.165, 1.54) is 0 Å². The summed E-state index contributed by atoms with van der Waals surface area (Å²) in [5, 5.41) is 13.9. The third kappa shape index (κ3) is 2.92. The van der Waals surface area contributed by atoms with Crippen molar-refractivity contribution in [2.75, 3.05) is 0 Å². The molecule has 1 fully saturated rings. The summed E-state index contributed by atoms with van der Waals surface area (Å²) in [6.45, 7) is 5.71. The second kappa shape index (κ2) is 5.05. The number of ether oxygens (including phenoxy) is 1. The number of primary amides is 1. The van der Waals surface area contributed by atoms with Crippen molar-refractivity contribution in [3.63, 3.8) is 0 Å². The lowest BCUT2D eigenvalue weighted by atomic mass is 10.0. The van der Waals surface area contributed by atoms with E-state index in [0.717, 1.165) is 0 Å². The van der Waals surface area contributed by atoms with Crippen molar-refractivity contribution in [2.45, 2.75) is 57.3 Å². The molecule has 1 aliphatic rings. The number of aliphatic hydroxyl groups is 1. The number of nitrogens with two attached hydrogens (primary N) is 1. The van der Waals surface area contributed by atoms with Crippen molar-refractivity contribution in [1.82, 2.24) is 9.78 Å². The summed E-state index contributed by atoms with van der Waals surface area (Å²) in [7, 11) is 0. The zero-order valence-corrected chi connectivity index (χ0v) is 11.8. The van der Waals surface area contributed by atoms with Gasteiger partial charge in [-0.15, -0.1) is 0 Å². The molecule has 1 amide bonds. The molecule has 2 rings (SSSR count). The minimum Gasteiger partial charge on any atom is -0.392 e. The van der Waals surface area contributed by atoms with Crippen molar-refractivity contribution >= 4 is 6.09 Å². The Labute approximate surface area is 116 Å². The van der Waals surface area contributed by atoms with E-state index >= 15 is 0 Å². The standard InChI is InChI=1S/C13H20FN3O3/c1-13(2,3)17-11(20-12(15)19)6-9(16-17)7-4-8(14)10(18)5-7/h6-8,10,18H,4-5H2,1-3H3,(H2,15,19)/t7-,8+,10-/m0/s1.